The zero-order valence-electron chi connectivity index (χ0n) is 14.4. The standard InChI is InChI=1S/C20H26BrNO2/c1-14-11-17-12-16(19(23)13-21)8-9-18(17)22(14)20(24)10-7-15-5-3-2-4-6-15/h8-9,12,14-15H,2-7,10-11,13H2,1H3. The second-order valence-electron chi connectivity index (χ2n) is 7.26. The maximum atomic E-state index is 12.8. The molecule has 2 aliphatic rings. The Labute approximate surface area is 152 Å². The van der Waals surface area contributed by atoms with Crippen molar-refractivity contribution in [3.05, 3.63) is 29.3 Å². The highest BCUT2D eigenvalue weighted by Crippen LogP contribution is 2.35. The quantitative estimate of drug-likeness (QED) is 0.528. The van der Waals surface area contributed by atoms with Crippen molar-refractivity contribution in [1.82, 2.24) is 0 Å². The van der Waals surface area contributed by atoms with Crippen LogP contribution in [0.2, 0.25) is 0 Å². The molecule has 3 nitrogen and oxygen atoms in total. The van der Waals surface area contributed by atoms with Gasteiger partial charge in [0.05, 0.1) is 5.33 Å². The number of ketones is 1. The summed E-state index contributed by atoms with van der Waals surface area (Å²) in [5.41, 5.74) is 2.86. The van der Waals surface area contributed by atoms with Crippen LogP contribution < -0.4 is 4.90 Å². The first kappa shape index (κ1) is 17.7. The Bertz CT molecular complexity index is 622. The van der Waals surface area contributed by atoms with Crippen LogP contribution in [0.15, 0.2) is 18.2 Å². The molecule has 0 N–H and O–H groups in total. The molecule has 1 saturated carbocycles. The third kappa shape index (κ3) is 3.74. The molecule has 0 saturated heterocycles. The second-order valence-corrected chi connectivity index (χ2v) is 7.82. The number of benzene rings is 1. The van der Waals surface area contributed by atoms with E-state index in [0.29, 0.717) is 11.8 Å². The van der Waals surface area contributed by atoms with Gasteiger partial charge in [0.25, 0.3) is 0 Å². The summed E-state index contributed by atoms with van der Waals surface area (Å²) in [6.45, 7) is 2.10. The minimum atomic E-state index is 0.0903. The molecule has 0 aromatic heterocycles. The first-order valence-electron chi connectivity index (χ1n) is 9.14. The van der Waals surface area contributed by atoms with Gasteiger partial charge in [0.2, 0.25) is 5.91 Å². The van der Waals surface area contributed by atoms with Crippen molar-refractivity contribution in [1.29, 1.82) is 0 Å². The van der Waals surface area contributed by atoms with Crippen LogP contribution in [-0.4, -0.2) is 23.1 Å². The van der Waals surface area contributed by atoms with Crippen LogP contribution in [0.4, 0.5) is 5.69 Å². The van der Waals surface area contributed by atoms with Gasteiger partial charge in [0.15, 0.2) is 5.78 Å². The highest BCUT2D eigenvalue weighted by Gasteiger charge is 2.31. The van der Waals surface area contributed by atoms with Gasteiger partial charge in [-0.3, -0.25) is 9.59 Å². The van der Waals surface area contributed by atoms with E-state index in [2.05, 4.69) is 22.9 Å². The molecule has 4 heteroatoms. The summed E-state index contributed by atoms with van der Waals surface area (Å²) in [5.74, 6) is 1.07. The number of Topliss-reactive ketones (excluding diaryl/α,β-unsaturated/α-hetero) is 1. The third-order valence-electron chi connectivity index (χ3n) is 5.50. The number of hydrogen-bond acceptors (Lipinski definition) is 2. The number of hydrogen-bond donors (Lipinski definition) is 0. The molecular formula is C20H26BrNO2. The van der Waals surface area contributed by atoms with Crippen molar-refractivity contribution in [2.75, 3.05) is 10.2 Å². The van der Waals surface area contributed by atoms with E-state index in [1.165, 1.54) is 32.1 Å². The molecule has 3 rings (SSSR count). The van der Waals surface area contributed by atoms with Crippen molar-refractivity contribution in [3.8, 4) is 0 Å². The molecule has 1 aromatic rings. The van der Waals surface area contributed by atoms with Gasteiger partial charge in [-0.2, -0.15) is 0 Å². The fourth-order valence-electron chi connectivity index (χ4n) is 4.19. The van der Waals surface area contributed by atoms with Crippen LogP contribution in [0.1, 0.15) is 67.8 Å². The van der Waals surface area contributed by atoms with Crippen LogP contribution in [0, 0.1) is 5.92 Å². The average molecular weight is 392 g/mol. The van der Waals surface area contributed by atoms with Gasteiger partial charge in [-0.15, -0.1) is 0 Å². The van der Waals surface area contributed by atoms with Crippen molar-refractivity contribution in [3.63, 3.8) is 0 Å². The summed E-state index contributed by atoms with van der Waals surface area (Å²) in [5, 5.41) is 0.339. The lowest BCUT2D eigenvalue weighted by Crippen LogP contribution is -2.35. The highest BCUT2D eigenvalue weighted by atomic mass is 79.9. The molecule has 130 valence electrons. The fourth-order valence-corrected chi connectivity index (χ4v) is 4.51. The Balaban J connectivity index is 1.68. The topological polar surface area (TPSA) is 37.4 Å². The number of halogens is 1. The Hall–Kier alpha value is -1.16. The van der Waals surface area contributed by atoms with E-state index < -0.39 is 0 Å². The van der Waals surface area contributed by atoms with E-state index in [1.54, 1.807) is 0 Å². The highest BCUT2D eigenvalue weighted by molar-refractivity contribution is 9.09. The monoisotopic (exact) mass is 391 g/mol. The number of rotatable bonds is 5. The fraction of sp³-hybridized carbons (Fsp3) is 0.600. The van der Waals surface area contributed by atoms with Gasteiger partial charge in [-0.25, -0.2) is 0 Å². The molecular weight excluding hydrogens is 366 g/mol. The lowest BCUT2D eigenvalue weighted by Gasteiger charge is -2.25. The van der Waals surface area contributed by atoms with Gasteiger partial charge >= 0.3 is 0 Å². The second kappa shape index (κ2) is 7.81. The van der Waals surface area contributed by atoms with Gasteiger partial charge < -0.3 is 4.90 Å². The van der Waals surface area contributed by atoms with E-state index in [-0.39, 0.29) is 17.7 Å². The zero-order chi connectivity index (χ0) is 17.1. The first-order chi connectivity index (χ1) is 11.6. The van der Waals surface area contributed by atoms with Crippen LogP contribution in [0.5, 0.6) is 0 Å². The Morgan fingerprint density at radius 1 is 1.21 bits per heavy atom. The molecule has 0 radical (unpaired) electrons. The normalized spacial score (nSPS) is 20.9. The molecule has 1 unspecified atom stereocenters. The Morgan fingerprint density at radius 2 is 1.96 bits per heavy atom. The lowest BCUT2D eigenvalue weighted by atomic mass is 9.86. The summed E-state index contributed by atoms with van der Waals surface area (Å²) < 4.78 is 0. The van der Waals surface area contributed by atoms with E-state index >= 15 is 0 Å². The van der Waals surface area contributed by atoms with E-state index in [9.17, 15) is 9.59 Å². The minimum absolute atomic E-state index is 0.0903. The molecule has 1 amide bonds. The maximum Gasteiger partial charge on any atom is 0.227 e. The molecule has 1 aromatic carbocycles. The average Bonchev–Trinajstić information content (AvgIpc) is 2.94. The van der Waals surface area contributed by atoms with Gasteiger partial charge in [-0.1, -0.05) is 48.0 Å². The summed E-state index contributed by atoms with van der Waals surface area (Å²) in [4.78, 5) is 26.6. The lowest BCUT2D eigenvalue weighted by molar-refractivity contribution is -0.119. The van der Waals surface area contributed by atoms with E-state index in [1.807, 2.05) is 23.1 Å². The first-order valence-corrected chi connectivity index (χ1v) is 10.3. The van der Waals surface area contributed by atoms with Gasteiger partial charge in [-0.05, 0) is 49.4 Å². The minimum Gasteiger partial charge on any atom is -0.309 e. The van der Waals surface area contributed by atoms with Crippen molar-refractivity contribution < 1.29 is 9.59 Å². The number of fused-ring (bicyclic) bond motifs is 1. The predicted molar refractivity (Wildman–Crippen MR) is 101 cm³/mol. The maximum absolute atomic E-state index is 12.8. The van der Waals surface area contributed by atoms with Gasteiger partial charge in [0.1, 0.15) is 0 Å². The number of carbonyl (C=O) groups excluding carboxylic acids is 2. The van der Waals surface area contributed by atoms with Crippen LogP contribution >= 0.6 is 15.9 Å². The SMILES string of the molecule is CC1Cc2cc(C(=O)CBr)ccc2N1C(=O)CCC1CCCCC1. The molecule has 0 bridgehead atoms. The molecule has 1 atom stereocenters. The van der Waals surface area contributed by atoms with E-state index in [0.717, 1.165) is 35.6 Å². The van der Waals surface area contributed by atoms with Crippen molar-refractivity contribution in [2.24, 2.45) is 5.92 Å². The molecule has 1 heterocycles. The number of nitrogens with zero attached hydrogens (tertiary/aromatic N) is 1. The predicted octanol–water partition coefficient (Wildman–Crippen LogP) is 4.90. The number of amides is 1. The Kier molecular flexibility index (Phi) is 5.75. The number of alkyl halides is 1. The summed E-state index contributed by atoms with van der Waals surface area (Å²) in [7, 11) is 0. The van der Waals surface area contributed by atoms with Crippen LogP contribution in [-0.2, 0) is 11.2 Å². The Morgan fingerprint density at radius 3 is 2.67 bits per heavy atom. The van der Waals surface area contributed by atoms with Crippen LogP contribution in [0.25, 0.3) is 0 Å². The molecule has 24 heavy (non-hydrogen) atoms. The summed E-state index contributed by atoms with van der Waals surface area (Å²) >= 11 is 3.22. The summed E-state index contributed by atoms with van der Waals surface area (Å²) in [6, 6.07) is 5.95. The molecule has 0 spiro atoms. The van der Waals surface area contributed by atoms with Crippen molar-refractivity contribution >= 4 is 33.3 Å². The zero-order valence-corrected chi connectivity index (χ0v) is 16.0. The van der Waals surface area contributed by atoms with E-state index in [4.69, 9.17) is 0 Å². The third-order valence-corrected chi connectivity index (χ3v) is 6.01. The number of carbonyl (C=O) groups is 2. The molecule has 1 aliphatic heterocycles. The largest absolute Gasteiger partial charge is 0.309 e. The molecule has 1 aliphatic carbocycles. The smallest absolute Gasteiger partial charge is 0.227 e. The molecule has 1 fully saturated rings. The summed E-state index contributed by atoms with van der Waals surface area (Å²) in [6.07, 6.45) is 9.10. The van der Waals surface area contributed by atoms with Gasteiger partial charge in [0, 0.05) is 23.7 Å². The van der Waals surface area contributed by atoms with Crippen molar-refractivity contribution in [2.45, 2.75) is 64.3 Å². The van der Waals surface area contributed by atoms with Crippen LogP contribution in [0.3, 0.4) is 0 Å². The number of anilines is 1.